The Morgan fingerprint density at radius 1 is 0.737 bits per heavy atom. The molecule has 21 heteroatoms. The average molecular weight is 817 g/mol. The highest BCUT2D eigenvalue weighted by Gasteiger charge is 2.46. The molecular weight excluding hydrogens is 756 g/mol. The van der Waals surface area contributed by atoms with Crippen molar-refractivity contribution in [1.82, 2.24) is 0 Å². The van der Waals surface area contributed by atoms with Crippen molar-refractivity contribution in [2.24, 2.45) is 44.8 Å². The van der Waals surface area contributed by atoms with E-state index in [1.165, 1.54) is 40.2 Å². The number of aliphatic carboxylic acids is 2. The number of carboxylic acid groups (broad SMARTS) is 2. The first kappa shape index (κ1) is 50.2. The second-order valence-corrected chi connectivity index (χ2v) is 13.6. The predicted octanol–water partition coefficient (Wildman–Crippen LogP) is -1.17. The van der Waals surface area contributed by atoms with Gasteiger partial charge in [-0.15, -0.1) is 0 Å². The summed E-state index contributed by atoms with van der Waals surface area (Å²) in [5, 5.41) is 48.4. The predicted molar refractivity (Wildman–Crippen MR) is 203 cm³/mol. The van der Waals surface area contributed by atoms with Gasteiger partial charge in [-0.3, -0.25) is 4.79 Å². The van der Waals surface area contributed by atoms with Gasteiger partial charge < -0.3 is 81.7 Å². The lowest BCUT2D eigenvalue weighted by molar-refractivity contribution is -0.162. The smallest absolute Gasteiger partial charge is 0.370 e. The topological polar surface area (TPSA) is 361 Å². The van der Waals surface area contributed by atoms with Crippen LogP contribution in [0, 0.1) is 11.8 Å². The van der Waals surface area contributed by atoms with Gasteiger partial charge in [-0.25, -0.2) is 19.6 Å². The number of nitrogens with zero attached hydrogens (tertiary/aromatic N) is 2. The van der Waals surface area contributed by atoms with E-state index in [9.17, 15) is 49.5 Å². The van der Waals surface area contributed by atoms with E-state index in [0.717, 1.165) is 25.7 Å². The number of unbranched alkanes of at least 4 members (excludes halogenated alkanes) is 4. The summed E-state index contributed by atoms with van der Waals surface area (Å²) in [6.45, 7) is 3.81. The maximum atomic E-state index is 12.0. The van der Waals surface area contributed by atoms with Crippen LogP contribution in [0.1, 0.15) is 72.1 Å². The molecule has 10 atom stereocenters. The van der Waals surface area contributed by atoms with Crippen LogP contribution in [0.5, 0.6) is 0 Å². The zero-order chi connectivity index (χ0) is 43.4. The molecule has 0 saturated carbocycles. The van der Waals surface area contributed by atoms with Gasteiger partial charge >= 0.3 is 17.9 Å². The fourth-order valence-corrected chi connectivity index (χ4v) is 6.45. The number of guanidine groups is 2. The minimum absolute atomic E-state index is 0.0342. The fraction of sp³-hybridized carbons (Fsp3) is 0.694. The Morgan fingerprint density at radius 3 is 1.51 bits per heavy atom. The molecule has 0 spiro atoms. The SMILES string of the molecule is CCCCCCCC(=O)OC[C@@H](O)[C@@H](OC)[C@@H]1OC(C(=O)O)=C[C@H](N=C(N)N)[C@H]1CC(C)=O.CO[C@@H]([C@@H]1OC(C(=O)O)=C[C@H](N=C(N)N)[C@H]1CC(C)=O)[C@H](O)CO. The van der Waals surface area contributed by atoms with Crippen LogP contribution in [0.25, 0.3) is 0 Å². The molecule has 0 amide bonds. The first-order valence-corrected chi connectivity index (χ1v) is 18.4. The van der Waals surface area contributed by atoms with Gasteiger partial charge in [0, 0.05) is 45.3 Å². The first-order chi connectivity index (χ1) is 26.8. The van der Waals surface area contributed by atoms with E-state index in [2.05, 4.69) is 16.9 Å². The Balaban J connectivity index is 0.000000599. The number of aliphatic hydroxyl groups excluding tert-OH is 3. The molecular formula is C36H60N6O15. The number of Topliss-reactive ketones (excluding diaryl/α,β-unsaturated/α-hetero) is 2. The third-order valence-electron chi connectivity index (χ3n) is 8.99. The van der Waals surface area contributed by atoms with Crippen molar-refractivity contribution in [3.63, 3.8) is 0 Å². The lowest BCUT2D eigenvalue weighted by Crippen LogP contribution is -2.52. The monoisotopic (exact) mass is 816 g/mol. The summed E-state index contributed by atoms with van der Waals surface area (Å²) in [6, 6.07) is -1.74. The number of carbonyl (C=O) groups is 5. The summed E-state index contributed by atoms with van der Waals surface area (Å²) in [7, 11) is 2.57. The van der Waals surface area contributed by atoms with Gasteiger partial charge in [0.1, 0.15) is 54.8 Å². The Bertz CT molecular complexity index is 1460. The number of aliphatic imine (C=N–C) groups is 2. The number of esters is 1. The average Bonchev–Trinajstić information content (AvgIpc) is 3.12. The normalized spacial score (nSPS) is 23.5. The minimum atomic E-state index is -1.36. The zero-order valence-corrected chi connectivity index (χ0v) is 33.0. The number of hydrogen-bond acceptors (Lipinski definition) is 15. The molecule has 2 rings (SSSR count). The summed E-state index contributed by atoms with van der Waals surface area (Å²) in [4.78, 5) is 66.4. The number of carbonyl (C=O) groups excluding carboxylic acids is 3. The van der Waals surface area contributed by atoms with Crippen molar-refractivity contribution in [3.05, 3.63) is 23.7 Å². The molecule has 2 heterocycles. The highest BCUT2D eigenvalue weighted by Crippen LogP contribution is 2.34. The zero-order valence-electron chi connectivity index (χ0n) is 33.0. The number of hydrogen-bond donors (Lipinski definition) is 9. The van der Waals surface area contributed by atoms with Crippen LogP contribution >= 0.6 is 0 Å². The summed E-state index contributed by atoms with van der Waals surface area (Å²) < 4.78 is 26.7. The summed E-state index contributed by atoms with van der Waals surface area (Å²) >= 11 is 0. The number of ketones is 2. The molecule has 2 aliphatic rings. The molecule has 0 unspecified atom stereocenters. The Labute approximate surface area is 331 Å². The second kappa shape index (κ2) is 25.4. The lowest BCUT2D eigenvalue weighted by Gasteiger charge is -2.39. The van der Waals surface area contributed by atoms with E-state index < -0.39 is 96.6 Å². The molecule has 0 saturated heterocycles. The molecule has 324 valence electrons. The number of nitrogens with two attached hydrogens (primary N) is 4. The van der Waals surface area contributed by atoms with Crippen molar-refractivity contribution in [1.29, 1.82) is 0 Å². The summed E-state index contributed by atoms with van der Waals surface area (Å²) in [5.41, 5.74) is 21.7. The number of carboxylic acids is 2. The molecule has 0 aliphatic carbocycles. The van der Waals surface area contributed by atoms with Crippen LogP contribution in [-0.4, -0.2) is 143 Å². The number of ether oxygens (including phenoxy) is 5. The van der Waals surface area contributed by atoms with Crippen molar-refractivity contribution < 1.29 is 73.2 Å². The van der Waals surface area contributed by atoms with Crippen molar-refractivity contribution in [2.75, 3.05) is 27.4 Å². The molecule has 0 aromatic heterocycles. The van der Waals surface area contributed by atoms with Crippen LogP contribution in [0.4, 0.5) is 0 Å². The van der Waals surface area contributed by atoms with Gasteiger partial charge in [0.25, 0.3) is 0 Å². The van der Waals surface area contributed by atoms with Crippen molar-refractivity contribution in [2.45, 2.75) is 121 Å². The minimum Gasteiger partial charge on any atom is -0.480 e. The molecule has 2 aliphatic heterocycles. The second-order valence-electron chi connectivity index (χ2n) is 13.6. The number of rotatable bonds is 23. The molecule has 57 heavy (non-hydrogen) atoms. The van der Waals surface area contributed by atoms with Crippen LogP contribution in [0.3, 0.4) is 0 Å². The van der Waals surface area contributed by atoms with Crippen LogP contribution in [0.15, 0.2) is 33.7 Å². The molecule has 0 aromatic carbocycles. The molecule has 0 fully saturated rings. The maximum Gasteiger partial charge on any atom is 0.370 e. The van der Waals surface area contributed by atoms with Gasteiger partial charge in [0.2, 0.25) is 11.5 Å². The highest BCUT2D eigenvalue weighted by atomic mass is 16.6. The molecule has 13 N–H and O–H groups in total. The number of aliphatic hydroxyl groups is 3. The third-order valence-corrected chi connectivity index (χ3v) is 8.99. The van der Waals surface area contributed by atoms with Crippen LogP contribution in [0.2, 0.25) is 0 Å². The standard InChI is InChI=1S/C22H37N3O8.C14H23N3O7/c1-4-5-6-7-8-9-18(28)32-12-16(27)20(31-3)19-14(10-13(2)26)15(25-22(23)24)11-17(33-19)21(29)30;1-6(19)3-7-8(17-14(15)16)4-10(13(21)22)24-11(7)12(23-2)9(20)5-18/h11,14-16,19-20,27H,4-10,12H2,1-3H3,(H,29,30)(H4,23,24,25);4,7-9,11-12,18,20H,3,5H2,1-2H3,(H,21,22)(H4,15,16,17)/t14-,15+,16-,19-,20-;7-,8+,9-,11-,12-/m11/s1. The van der Waals surface area contributed by atoms with E-state index in [1.807, 2.05) is 0 Å². The number of methoxy groups -OCH3 is 2. The maximum absolute atomic E-state index is 12.0. The first-order valence-electron chi connectivity index (χ1n) is 18.4. The Morgan fingerprint density at radius 2 is 1.16 bits per heavy atom. The molecule has 21 nitrogen and oxygen atoms in total. The Hall–Kier alpha value is -4.83. The van der Waals surface area contributed by atoms with Gasteiger partial charge in [-0.2, -0.15) is 0 Å². The molecule has 0 radical (unpaired) electrons. The van der Waals surface area contributed by atoms with Crippen LogP contribution in [-0.2, 0) is 47.7 Å². The van der Waals surface area contributed by atoms with E-state index >= 15 is 0 Å². The van der Waals surface area contributed by atoms with Gasteiger partial charge in [0.15, 0.2) is 11.9 Å². The van der Waals surface area contributed by atoms with Gasteiger partial charge in [-0.05, 0) is 32.4 Å². The van der Waals surface area contributed by atoms with Gasteiger partial charge in [0.05, 0.1) is 18.7 Å². The largest absolute Gasteiger partial charge is 0.480 e. The van der Waals surface area contributed by atoms with E-state index in [1.54, 1.807) is 0 Å². The molecule has 0 aromatic rings. The Kier molecular flexibility index (Phi) is 22.4. The highest BCUT2D eigenvalue weighted by molar-refractivity contribution is 5.86. The molecule has 0 bridgehead atoms. The quantitative estimate of drug-likeness (QED) is 0.0254. The van der Waals surface area contributed by atoms with Crippen molar-refractivity contribution in [3.8, 4) is 0 Å². The van der Waals surface area contributed by atoms with Gasteiger partial charge in [-0.1, -0.05) is 32.6 Å². The van der Waals surface area contributed by atoms with E-state index in [4.69, 9.17) is 46.6 Å². The van der Waals surface area contributed by atoms with Crippen molar-refractivity contribution >= 4 is 41.4 Å². The summed E-state index contributed by atoms with van der Waals surface area (Å²) in [5.74, 6) is -6.43. The summed E-state index contributed by atoms with van der Waals surface area (Å²) in [6.07, 6.45) is 0.403. The lowest BCUT2D eigenvalue weighted by atomic mass is 9.82. The van der Waals surface area contributed by atoms with E-state index in [0.29, 0.717) is 6.42 Å². The van der Waals surface area contributed by atoms with E-state index in [-0.39, 0.29) is 49.4 Å². The fourth-order valence-electron chi connectivity index (χ4n) is 6.45. The van der Waals surface area contributed by atoms with Crippen LogP contribution < -0.4 is 22.9 Å². The third kappa shape index (κ3) is 17.1.